The van der Waals surface area contributed by atoms with Crippen molar-refractivity contribution in [3.8, 4) is 5.75 Å². The van der Waals surface area contributed by atoms with Gasteiger partial charge in [-0.15, -0.1) is 10.2 Å². The average Bonchev–Trinajstić information content (AvgIpc) is 2.41. The Morgan fingerprint density at radius 2 is 1.90 bits per heavy atom. The summed E-state index contributed by atoms with van der Waals surface area (Å²) in [5, 5.41) is 27.9. The molecule has 7 nitrogen and oxygen atoms in total. The van der Waals surface area contributed by atoms with Gasteiger partial charge in [-0.2, -0.15) is 0 Å². The van der Waals surface area contributed by atoms with Gasteiger partial charge in [-0.05, 0) is 30.3 Å². The summed E-state index contributed by atoms with van der Waals surface area (Å²) in [7, 11) is 0. The van der Waals surface area contributed by atoms with Crippen molar-refractivity contribution in [3.05, 3.63) is 46.7 Å². The predicted molar refractivity (Wildman–Crippen MR) is 70.1 cm³/mol. The summed E-state index contributed by atoms with van der Waals surface area (Å²) < 4.78 is 0. The molecule has 0 aliphatic carbocycles. The van der Waals surface area contributed by atoms with Crippen LogP contribution in [0.5, 0.6) is 5.75 Å². The van der Waals surface area contributed by atoms with Crippen molar-refractivity contribution in [2.75, 3.05) is 5.32 Å². The van der Waals surface area contributed by atoms with Gasteiger partial charge in [-0.25, -0.2) is 4.79 Å². The second kappa shape index (κ2) is 5.54. The molecule has 0 saturated carbocycles. The summed E-state index contributed by atoms with van der Waals surface area (Å²) in [6, 6.07) is 6.46. The van der Waals surface area contributed by atoms with Gasteiger partial charge in [0.2, 0.25) is 0 Å². The van der Waals surface area contributed by atoms with Crippen LogP contribution < -0.4 is 5.32 Å². The van der Waals surface area contributed by atoms with E-state index in [-0.39, 0.29) is 27.8 Å². The maximum absolute atomic E-state index is 11.8. The van der Waals surface area contributed by atoms with Gasteiger partial charge in [0.05, 0.1) is 0 Å². The van der Waals surface area contributed by atoms with Crippen LogP contribution >= 0.6 is 11.6 Å². The summed E-state index contributed by atoms with van der Waals surface area (Å²) in [5.41, 5.74) is -0.0775. The Balaban J connectivity index is 2.21. The molecule has 102 valence electrons. The van der Waals surface area contributed by atoms with Crippen molar-refractivity contribution in [2.24, 2.45) is 0 Å². The van der Waals surface area contributed by atoms with Crippen molar-refractivity contribution in [3.63, 3.8) is 0 Å². The van der Waals surface area contributed by atoms with Crippen LogP contribution in [0.25, 0.3) is 0 Å². The summed E-state index contributed by atoms with van der Waals surface area (Å²) in [4.78, 5) is 22.7. The zero-order valence-corrected chi connectivity index (χ0v) is 10.6. The normalized spacial score (nSPS) is 10.1. The first kappa shape index (κ1) is 13.8. The number of hydrogen-bond donors (Lipinski definition) is 3. The van der Waals surface area contributed by atoms with Crippen LogP contribution in [0.4, 0.5) is 5.69 Å². The van der Waals surface area contributed by atoms with Gasteiger partial charge < -0.3 is 15.5 Å². The topological polar surface area (TPSA) is 112 Å². The number of phenols is 1. The van der Waals surface area contributed by atoms with Gasteiger partial charge >= 0.3 is 5.97 Å². The highest BCUT2D eigenvalue weighted by Gasteiger charge is 2.13. The van der Waals surface area contributed by atoms with Crippen LogP contribution in [0.1, 0.15) is 20.8 Å². The molecule has 0 aliphatic rings. The molecule has 1 aromatic heterocycles. The van der Waals surface area contributed by atoms with Crippen molar-refractivity contribution < 1.29 is 19.8 Å². The fraction of sp³-hybridized carbons (Fsp3) is 0. The molecule has 0 spiro atoms. The fourth-order valence-corrected chi connectivity index (χ4v) is 1.52. The van der Waals surface area contributed by atoms with Crippen LogP contribution in [0, 0.1) is 0 Å². The predicted octanol–water partition coefficient (Wildman–Crippen LogP) is 1.79. The van der Waals surface area contributed by atoms with E-state index in [4.69, 9.17) is 16.7 Å². The van der Waals surface area contributed by atoms with E-state index in [1.54, 1.807) is 0 Å². The molecule has 0 aliphatic heterocycles. The molecule has 1 heterocycles. The molecule has 0 fully saturated rings. The summed E-state index contributed by atoms with van der Waals surface area (Å²) in [6.07, 6.45) is 0. The molecule has 8 heteroatoms. The molecular formula is C12H8ClN3O4. The lowest BCUT2D eigenvalue weighted by molar-refractivity contribution is 0.0693. The number of nitrogens with one attached hydrogen (secondary N) is 1. The molecule has 0 atom stereocenters. The van der Waals surface area contributed by atoms with Gasteiger partial charge in [0.25, 0.3) is 5.91 Å². The molecular weight excluding hydrogens is 286 g/mol. The monoisotopic (exact) mass is 293 g/mol. The second-order valence-corrected chi connectivity index (χ2v) is 4.12. The SMILES string of the molecule is O=C(Nc1ccc(O)c(C(=O)O)c1)c1ccc(Cl)nn1. The van der Waals surface area contributed by atoms with E-state index in [2.05, 4.69) is 15.5 Å². The minimum absolute atomic E-state index is 0.0272. The number of rotatable bonds is 3. The Morgan fingerprint density at radius 3 is 2.50 bits per heavy atom. The molecule has 1 amide bonds. The number of aromatic nitrogens is 2. The highest BCUT2D eigenvalue weighted by molar-refractivity contribution is 6.29. The second-order valence-electron chi connectivity index (χ2n) is 3.73. The van der Waals surface area contributed by atoms with Crippen LogP contribution in [0.15, 0.2) is 30.3 Å². The first-order valence-corrected chi connectivity index (χ1v) is 5.72. The Kier molecular flexibility index (Phi) is 3.81. The molecule has 1 aromatic carbocycles. The number of aromatic hydroxyl groups is 1. The lowest BCUT2D eigenvalue weighted by atomic mass is 10.1. The highest BCUT2D eigenvalue weighted by Crippen LogP contribution is 2.21. The number of carboxylic acids is 1. The maximum Gasteiger partial charge on any atom is 0.339 e. The third-order valence-electron chi connectivity index (χ3n) is 2.35. The van der Waals surface area contributed by atoms with Crippen LogP contribution in [0.2, 0.25) is 5.15 Å². The van der Waals surface area contributed by atoms with Gasteiger partial charge in [0.15, 0.2) is 10.8 Å². The lowest BCUT2D eigenvalue weighted by Crippen LogP contribution is -2.14. The van der Waals surface area contributed by atoms with E-state index in [1.807, 2.05) is 0 Å². The summed E-state index contributed by atoms with van der Waals surface area (Å²) in [6.45, 7) is 0. The lowest BCUT2D eigenvalue weighted by Gasteiger charge is -2.06. The van der Waals surface area contributed by atoms with Crippen LogP contribution in [-0.2, 0) is 0 Å². The third-order valence-corrected chi connectivity index (χ3v) is 2.55. The number of benzene rings is 1. The van der Waals surface area contributed by atoms with E-state index in [0.717, 1.165) is 6.07 Å². The molecule has 0 saturated heterocycles. The van der Waals surface area contributed by atoms with Gasteiger partial charge in [0.1, 0.15) is 11.3 Å². The minimum Gasteiger partial charge on any atom is -0.507 e. The van der Waals surface area contributed by atoms with Gasteiger partial charge in [-0.1, -0.05) is 11.6 Å². The molecule has 2 aromatic rings. The van der Waals surface area contributed by atoms with Gasteiger partial charge in [-0.3, -0.25) is 4.79 Å². The molecule has 3 N–H and O–H groups in total. The average molecular weight is 294 g/mol. The number of anilines is 1. The van der Waals surface area contributed by atoms with Crippen molar-refractivity contribution in [1.29, 1.82) is 0 Å². The molecule has 0 unspecified atom stereocenters. The largest absolute Gasteiger partial charge is 0.507 e. The number of halogens is 1. The quantitative estimate of drug-likeness (QED) is 0.744. The molecule has 20 heavy (non-hydrogen) atoms. The number of carboxylic acid groups (broad SMARTS) is 1. The standard InChI is InChI=1S/C12H8ClN3O4/c13-10-4-2-8(15-16-10)11(18)14-6-1-3-9(17)7(5-6)12(19)20/h1-5,17H,(H,14,18)(H,19,20). The third kappa shape index (κ3) is 3.01. The van der Waals surface area contributed by atoms with E-state index < -0.39 is 11.9 Å². The van der Waals surface area contributed by atoms with Crippen molar-refractivity contribution in [2.45, 2.75) is 0 Å². The Labute approximate surface area is 117 Å². The molecule has 0 radical (unpaired) electrons. The molecule has 2 rings (SSSR count). The molecule has 0 bridgehead atoms. The van der Waals surface area contributed by atoms with Crippen LogP contribution in [-0.4, -0.2) is 32.3 Å². The van der Waals surface area contributed by atoms with E-state index in [1.165, 1.54) is 24.3 Å². The number of nitrogens with zero attached hydrogens (tertiary/aromatic N) is 2. The minimum atomic E-state index is -1.30. The zero-order valence-electron chi connectivity index (χ0n) is 9.87. The van der Waals surface area contributed by atoms with Crippen molar-refractivity contribution in [1.82, 2.24) is 10.2 Å². The smallest absolute Gasteiger partial charge is 0.339 e. The number of amides is 1. The summed E-state index contributed by atoms with van der Waals surface area (Å²) in [5.74, 6) is -2.26. The zero-order chi connectivity index (χ0) is 14.7. The number of carbonyl (C=O) groups is 2. The Morgan fingerprint density at radius 1 is 1.15 bits per heavy atom. The van der Waals surface area contributed by atoms with Crippen molar-refractivity contribution >= 4 is 29.2 Å². The summed E-state index contributed by atoms with van der Waals surface area (Å²) >= 11 is 5.55. The van der Waals surface area contributed by atoms with E-state index in [0.29, 0.717) is 0 Å². The number of aromatic carboxylic acids is 1. The highest BCUT2D eigenvalue weighted by atomic mass is 35.5. The van der Waals surface area contributed by atoms with Gasteiger partial charge in [0, 0.05) is 5.69 Å². The number of carbonyl (C=O) groups excluding carboxylic acids is 1. The van der Waals surface area contributed by atoms with E-state index >= 15 is 0 Å². The van der Waals surface area contributed by atoms with Crippen LogP contribution in [0.3, 0.4) is 0 Å². The fourth-order valence-electron chi connectivity index (χ4n) is 1.42. The first-order chi connectivity index (χ1) is 9.47. The first-order valence-electron chi connectivity index (χ1n) is 5.34. The number of hydrogen-bond acceptors (Lipinski definition) is 5. The Bertz CT molecular complexity index is 673. The van der Waals surface area contributed by atoms with E-state index in [9.17, 15) is 14.7 Å². The maximum atomic E-state index is 11.8. The Hall–Kier alpha value is -2.67.